The van der Waals surface area contributed by atoms with Gasteiger partial charge in [0.1, 0.15) is 11.5 Å². The van der Waals surface area contributed by atoms with Gasteiger partial charge in [0.15, 0.2) is 5.89 Å². The van der Waals surface area contributed by atoms with E-state index >= 15 is 0 Å². The zero-order chi connectivity index (χ0) is 14.3. The predicted molar refractivity (Wildman–Crippen MR) is 74.7 cm³/mol. The second-order valence-electron chi connectivity index (χ2n) is 4.86. The Morgan fingerprint density at radius 2 is 2.00 bits per heavy atom. The van der Waals surface area contributed by atoms with Gasteiger partial charge in [-0.3, -0.25) is 0 Å². The molecule has 1 atom stereocenters. The van der Waals surface area contributed by atoms with Crippen molar-refractivity contribution in [2.24, 2.45) is 5.73 Å². The van der Waals surface area contributed by atoms with Crippen LogP contribution >= 0.6 is 0 Å². The number of benzene rings is 1. The molecular weight excluding hydrogens is 252 g/mol. The normalized spacial score (nSPS) is 17.4. The van der Waals surface area contributed by atoms with Crippen LogP contribution in [0.1, 0.15) is 28.6 Å². The number of aryl methyl sites for hydroxylation is 2. The number of fused-ring (bicyclic) bond motifs is 1. The van der Waals surface area contributed by atoms with E-state index in [0.717, 1.165) is 11.1 Å². The van der Waals surface area contributed by atoms with E-state index in [0.29, 0.717) is 28.9 Å². The van der Waals surface area contributed by atoms with Gasteiger partial charge in [-0.25, -0.2) is 4.98 Å². The molecule has 0 amide bonds. The molecule has 0 bridgehead atoms. The highest BCUT2D eigenvalue weighted by Gasteiger charge is 2.32. The van der Waals surface area contributed by atoms with Crippen molar-refractivity contribution in [3.8, 4) is 6.07 Å². The zero-order valence-corrected chi connectivity index (χ0v) is 11.3. The minimum atomic E-state index is -0.283. The molecule has 5 heteroatoms. The number of anilines is 1. The van der Waals surface area contributed by atoms with Crippen LogP contribution in [0.5, 0.6) is 0 Å². The quantitative estimate of drug-likeness (QED) is 0.828. The molecule has 1 aliphatic rings. The van der Waals surface area contributed by atoms with Gasteiger partial charge in [-0.2, -0.15) is 5.26 Å². The van der Waals surface area contributed by atoms with Gasteiger partial charge in [0, 0.05) is 6.92 Å². The molecule has 1 aromatic heterocycles. The highest BCUT2D eigenvalue weighted by Crippen LogP contribution is 2.40. The molecule has 2 heterocycles. The van der Waals surface area contributed by atoms with Gasteiger partial charge in [-0.15, -0.1) is 0 Å². The first-order valence-corrected chi connectivity index (χ1v) is 6.31. The number of oxazole rings is 1. The number of allylic oxidation sites excluding steroid dienone is 1. The van der Waals surface area contributed by atoms with Crippen LogP contribution < -0.4 is 11.1 Å². The molecule has 1 aliphatic heterocycles. The van der Waals surface area contributed by atoms with Gasteiger partial charge >= 0.3 is 0 Å². The third-order valence-corrected chi connectivity index (χ3v) is 3.39. The SMILES string of the molecule is Cc1ccc([C@H]2C(C#N)=C(N)Nc3oc(C)nc32)cc1. The third-order valence-electron chi connectivity index (χ3n) is 3.39. The van der Waals surface area contributed by atoms with Crippen molar-refractivity contribution in [2.45, 2.75) is 19.8 Å². The smallest absolute Gasteiger partial charge is 0.223 e. The van der Waals surface area contributed by atoms with Crippen LogP contribution in [0.25, 0.3) is 0 Å². The maximum Gasteiger partial charge on any atom is 0.223 e. The van der Waals surface area contributed by atoms with E-state index in [-0.39, 0.29) is 5.92 Å². The fraction of sp³-hybridized carbons (Fsp3) is 0.200. The largest absolute Gasteiger partial charge is 0.425 e. The van der Waals surface area contributed by atoms with E-state index in [1.54, 1.807) is 6.92 Å². The maximum atomic E-state index is 9.39. The first-order valence-electron chi connectivity index (χ1n) is 6.31. The fourth-order valence-electron chi connectivity index (χ4n) is 2.42. The Kier molecular flexibility index (Phi) is 2.72. The Bertz CT molecular complexity index is 734. The molecule has 100 valence electrons. The highest BCUT2D eigenvalue weighted by atomic mass is 16.4. The molecule has 0 fully saturated rings. The molecule has 3 rings (SSSR count). The number of nitrogens with one attached hydrogen (secondary N) is 1. The van der Waals surface area contributed by atoms with Gasteiger partial charge in [0.2, 0.25) is 5.88 Å². The summed E-state index contributed by atoms with van der Waals surface area (Å²) in [5.74, 6) is 1.10. The fourth-order valence-corrected chi connectivity index (χ4v) is 2.42. The summed E-state index contributed by atoms with van der Waals surface area (Å²) in [6.07, 6.45) is 0. The van der Waals surface area contributed by atoms with Crippen LogP contribution in [0, 0.1) is 25.2 Å². The van der Waals surface area contributed by atoms with Crippen molar-refractivity contribution in [3.63, 3.8) is 0 Å². The molecule has 3 N–H and O–H groups in total. The van der Waals surface area contributed by atoms with Gasteiger partial charge in [0.25, 0.3) is 0 Å². The molecule has 0 radical (unpaired) electrons. The molecular formula is C15H14N4O. The molecule has 5 nitrogen and oxygen atoms in total. The lowest BCUT2D eigenvalue weighted by atomic mass is 9.86. The monoisotopic (exact) mass is 266 g/mol. The minimum Gasteiger partial charge on any atom is -0.425 e. The van der Waals surface area contributed by atoms with Gasteiger partial charge in [-0.05, 0) is 12.5 Å². The second kappa shape index (κ2) is 4.42. The van der Waals surface area contributed by atoms with Gasteiger partial charge < -0.3 is 15.5 Å². The zero-order valence-electron chi connectivity index (χ0n) is 11.3. The van der Waals surface area contributed by atoms with Crippen LogP contribution in [-0.4, -0.2) is 4.98 Å². The Hall–Kier alpha value is -2.74. The molecule has 0 aliphatic carbocycles. The number of hydrogen-bond acceptors (Lipinski definition) is 5. The number of rotatable bonds is 1. The standard InChI is InChI=1S/C15H14N4O/c1-8-3-5-10(6-4-8)12-11(7-16)14(17)19-15-13(12)18-9(2)20-15/h3-6,12,19H,17H2,1-2H3/t12-/m0/s1. The van der Waals surface area contributed by atoms with Gasteiger partial charge in [-0.1, -0.05) is 29.8 Å². The maximum absolute atomic E-state index is 9.39. The molecule has 0 saturated heterocycles. The lowest BCUT2D eigenvalue weighted by Crippen LogP contribution is -2.22. The lowest BCUT2D eigenvalue weighted by molar-refractivity contribution is 0.534. The second-order valence-corrected chi connectivity index (χ2v) is 4.86. The average Bonchev–Trinajstić information content (AvgIpc) is 2.78. The molecule has 0 saturated carbocycles. The van der Waals surface area contributed by atoms with Crippen LogP contribution in [-0.2, 0) is 0 Å². The highest BCUT2D eigenvalue weighted by molar-refractivity contribution is 5.61. The van der Waals surface area contributed by atoms with Crippen LogP contribution in [0.2, 0.25) is 0 Å². The Labute approximate surface area is 116 Å². The third kappa shape index (κ3) is 1.82. The van der Waals surface area contributed by atoms with Crippen molar-refractivity contribution in [2.75, 3.05) is 5.32 Å². The first-order chi connectivity index (χ1) is 9.60. The topological polar surface area (TPSA) is 87.9 Å². The summed E-state index contributed by atoms with van der Waals surface area (Å²) in [4.78, 5) is 4.39. The van der Waals surface area contributed by atoms with Crippen molar-refractivity contribution in [3.05, 3.63) is 58.4 Å². The summed E-state index contributed by atoms with van der Waals surface area (Å²) in [5, 5.41) is 12.3. The van der Waals surface area contributed by atoms with Crippen LogP contribution in [0.4, 0.5) is 5.88 Å². The Morgan fingerprint density at radius 3 is 2.65 bits per heavy atom. The van der Waals surface area contributed by atoms with E-state index in [4.69, 9.17) is 10.2 Å². The van der Waals surface area contributed by atoms with Crippen molar-refractivity contribution >= 4 is 5.88 Å². The van der Waals surface area contributed by atoms with E-state index < -0.39 is 0 Å². The summed E-state index contributed by atoms with van der Waals surface area (Å²) in [6.45, 7) is 3.79. The van der Waals surface area contributed by atoms with E-state index in [1.165, 1.54) is 0 Å². The number of nitrogens with zero attached hydrogens (tertiary/aromatic N) is 2. The number of hydrogen-bond donors (Lipinski definition) is 2. The van der Waals surface area contributed by atoms with Crippen molar-refractivity contribution in [1.29, 1.82) is 5.26 Å². The van der Waals surface area contributed by atoms with Crippen molar-refractivity contribution < 1.29 is 4.42 Å². The summed E-state index contributed by atoms with van der Waals surface area (Å²) < 4.78 is 5.50. The first kappa shape index (κ1) is 12.3. The predicted octanol–water partition coefficient (Wildman–Crippen LogP) is 2.54. The van der Waals surface area contributed by atoms with Crippen LogP contribution in [0.3, 0.4) is 0 Å². The van der Waals surface area contributed by atoms with Gasteiger partial charge in [0.05, 0.1) is 17.6 Å². The molecule has 0 spiro atoms. The lowest BCUT2D eigenvalue weighted by Gasteiger charge is -2.22. The van der Waals surface area contributed by atoms with E-state index in [2.05, 4.69) is 16.4 Å². The Morgan fingerprint density at radius 1 is 1.30 bits per heavy atom. The Balaban J connectivity index is 2.19. The summed E-state index contributed by atoms with van der Waals surface area (Å²) >= 11 is 0. The van der Waals surface area contributed by atoms with Crippen LogP contribution in [0.15, 0.2) is 40.1 Å². The average molecular weight is 266 g/mol. The number of nitriles is 1. The summed E-state index contributed by atoms with van der Waals surface area (Å²) in [5.41, 5.74) is 9.24. The van der Waals surface area contributed by atoms with Crippen molar-refractivity contribution in [1.82, 2.24) is 4.98 Å². The molecule has 0 unspecified atom stereocenters. The summed E-state index contributed by atoms with van der Waals surface area (Å²) in [7, 11) is 0. The molecule has 1 aromatic carbocycles. The number of aromatic nitrogens is 1. The van der Waals surface area contributed by atoms with E-state index in [1.807, 2.05) is 31.2 Å². The minimum absolute atomic E-state index is 0.283. The number of nitrogens with two attached hydrogens (primary N) is 1. The van der Waals surface area contributed by atoms with E-state index in [9.17, 15) is 5.26 Å². The summed E-state index contributed by atoms with van der Waals surface area (Å²) in [6, 6.07) is 10.2. The molecule has 20 heavy (non-hydrogen) atoms. The molecule has 2 aromatic rings.